The molecule has 6 aliphatic rings. The Labute approximate surface area is 466 Å². The fraction of sp³-hybridized carbons (Fsp3) is 0.443. The van der Waals surface area contributed by atoms with E-state index in [2.05, 4.69) is 56.0 Å². The van der Waals surface area contributed by atoms with Crippen LogP contribution in [0.3, 0.4) is 0 Å². The van der Waals surface area contributed by atoms with E-state index in [0.717, 1.165) is 127 Å². The van der Waals surface area contributed by atoms with Crippen LogP contribution >= 0.6 is 24.4 Å². The van der Waals surface area contributed by atoms with E-state index in [1.54, 1.807) is 32.5 Å². The van der Waals surface area contributed by atoms with Gasteiger partial charge in [0.2, 0.25) is 0 Å². The number of hydrogen-bond donors (Lipinski definition) is 2. The summed E-state index contributed by atoms with van der Waals surface area (Å²) in [7, 11) is 1.63. The van der Waals surface area contributed by atoms with Crippen LogP contribution in [-0.4, -0.2) is 75.1 Å². The van der Waals surface area contributed by atoms with Gasteiger partial charge >= 0.3 is 18.5 Å². The number of anilines is 1. The molecule has 18 heteroatoms. The van der Waals surface area contributed by atoms with E-state index in [1.165, 1.54) is 6.42 Å². The molecule has 0 radical (unpaired) electrons. The van der Waals surface area contributed by atoms with Crippen molar-refractivity contribution >= 4 is 61.9 Å². The van der Waals surface area contributed by atoms with Crippen LogP contribution in [0.2, 0.25) is 0 Å². The zero-order valence-electron chi connectivity index (χ0n) is 44.5. The minimum atomic E-state index is -4.89. The van der Waals surface area contributed by atoms with Crippen LogP contribution < -0.4 is 15.4 Å². The maximum absolute atomic E-state index is 13.5. The highest BCUT2D eigenvalue weighted by atomic mass is 32.1. The summed E-state index contributed by atoms with van der Waals surface area (Å²) in [6.45, 7) is 13.8. The van der Waals surface area contributed by atoms with Crippen molar-refractivity contribution in [2.24, 2.45) is 23.7 Å². The third-order valence-electron chi connectivity index (χ3n) is 16.7. The number of nitrogens with one attached hydrogen (secondary N) is 2. The SMILES string of the molecule is C=CC1CN2CCC1C[C@H]2C(NC(=S)Nc1cc(C)cc(C(F)(F)F)c1)c1ccnc2ccc(OC)cc12.CCCC1CN2CCC1CC2C(CC(=S)Cc1cc(C(F)(F)F)cc(C(F)(F)F)c1)c1ccnc2ccc(C)cc12. The Bertz CT molecular complexity index is 3170. The minimum absolute atomic E-state index is 0.0481. The van der Waals surface area contributed by atoms with E-state index in [4.69, 9.17) is 29.2 Å². The summed E-state index contributed by atoms with van der Waals surface area (Å²) in [5, 5.41) is 8.73. The van der Waals surface area contributed by atoms with Crippen LogP contribution in [0, 0.1) is 37.5 Å². The summed E-state index contributed by atoms with van der Waals surface area (Å²) in [4.78, 5) is 14.6. The van der Waals surface area contributed by atoms with Crippen molar-refractivity contribution in [1.82, 2.24) is 25.1 Å². The van der Waals surface area contributed by atoms with E-state index < -0.39 is 35.2 Å². The Kier molecular flexibility index (Phi) is 17.5. The molecule has 8 heterocycles. The van der Waals surface area contributed by atoms with Crippen molar-refractivity contribution in [2.45, 2.75) is 115 Å². The molecule has 2 aromatic heterocycles. The summed E-state index contributed by atoms with van der Waals surface area (Å²) in [5.41, 5.74) is 2.29. The van der Waals surface area contributed by atoms with Gasteiger partial charge in [0, 0.05) is 66.4 Å². The number of hydrogen-bond acceptors (Lipinski definition) is 7. The number of ether oxygens (including phenoxy) is 1. The van der Waals surface area contributed by atoms with Gasteiger partial charge in [-0.05, 0) is 207 Å². The molecule has 420 valence electrons. The normalized spacial score (nSPS) is 23.6. The molecule has 9 unspecified atom stereocenters. The Morgan fingerprint density at radius 3 is 1.92 bits per heavy atom. The van der Waals surface area contributed by atoms with Crippen molar-refractivity contribution in [3.8, 4) is 5.75 Å². The Hall–Kier alpha value is -5.69. The number of aryl methyl sites for hydroxylation is 2. The van der Waals surface area contributed by atoms with Crippen LogP contribution in [0.25, 0.3) is 21.8 Å². The van der Waals surface area contributed by atoms with E-state index >= 15 is 0 Å². The third-order valence-corrected chi connectivity index (χ3v) is 17.2. The van der Waals surface area contributed by atoms with Gasteiger partial charge in [0.15, 0.2) is 5.11 Å². The lowest BCUT2D eigenvalue weighted by atomic mass is 9.69. The highest BCUT2D eigenvalue weighted by molar-refractivity contribution is 7.80. The van der Waals surface area contributed by atoms with Crippen LogP contribution in [0.4, 0.5) is 45.2 Å². The predicted octanol–water partition coefficient (Wildman–Crippen LogP) is 15.7. The molecular formula is C61H65F9N6OS2. The molecule has 10 atom stereocenters. The van der Waals surface area contributed by atoms with Crippen LogP contribution in [0.15, 0.2) is 110 Å². The molecule has 0 aliphatic carbocycles. The number of pyridine rings is 2. The first-order valence-electron chi connectivity index (χ1n) is 26.9. The van der Waals surface area contributed by atoms with Gasteiger partial charge in [-0.2, -0.15) is 39.5 Å². The fourth-order valence-electron chi connectivity index (χ4n) is 13.0. The number of thiocarbonyl (C=S) groups is 2. The quantitative estimate of drug-likeness (QED) is 0.0631. The second kappa shape index (κ2) is 23.8. The molecule has 7 nitrogen and oxygen atoms in total. The maximum Gasteiger partial charge on any atom is 0.416 e. The second-order valence-electron chi connectivity index (χ2n) is 21.9. The Balaban J connectivity index is 0.000000192. The maximum atomic E-state index is 13.5. The molecule has 4 bridgehead atoms. The lowest BCUT2D eigenvalue weighted by molar-refractivity contribution is -0.143. The van der Waals surface area contributed by atoms with Gasteiger partial charge in [0.1, 0.15) is 5.75 Å². The number of alkyl halides is 9. The number of benzene rings is 4. The van der Waals surface area contributed by atoms with Crippen molar-refractivity contribution in [1.29, 1.82) is 0 Å². The molecular weight excluding hydrogens is 1070 g/mol. The molecule has 4 aromatic carbocycles. The predicted molar refractivity (Wildman–Crippen MR) is 301 cm³/mol. The van der Waals surface area contributed by atoms with Crippen LogP contribution in [0.1, 0.15) is 108 Å². The number of halogens is 9. The van der Waals surface area contributed by atoms with Gasteiger partial charge in [0.05, 0.1) is 40.9 Å². The number of nitrogens with zero attached hydrogens (tertiary/aromatic N) is 4. The first-order valence-corrected chi connectivity index (χ1v) is 27.8. The molecule has 2 N–H and O–H groups in total. The molecule has 12 rings (SSSR count). The number of rotatable bonds is 14. The first-order chi connectivity index (χ1) is 37.5. The average Bonchev–Trinajstić information content (AvgIpc) is 3.57. The molecule has 6 aromatic rings. The number of methoxy groups -OCH3 is 1. The van der Waals surface area contributed by atoms with Crippen molar-refractivity contribution in [2.75, 3.05) is 38.6 Å². The fourth-order valence-corrected chi connectivity index (χ4v) is 13.6. The van der Waals surface area contributed by atoms with Crippen LogP contribution in [0.5, 0.6) is 5.75 Å². The molecule has 6 fully saturated rings. The lowest BCUT2D eigenvalue weighted by Crippen LogP contribution is -2.57. The Morgan fingerprint density at radius 1 is 0.722 bits per heavy atom. The topological polar surface area (TPSA) is 65.6 Å². The monoisotopic (exact) mass is 1130 g/mol. The van der Waals surface area contributed by atoms with Gasteiger partial charge in [-0.1, -0.05) is 43.3 Å². The van der Waals surface area contributed by atoms with E-state index in [1.807, 2.05) is 49.4 Å². The third kappa shape index (κ3) is 13.4. The second-order valence-corrected chi connectivity index (χ2v) is 22.9. The molecule has 6 saturated heterocycles. The van der Waals surface area contributed by atoms with Gasteiger partial charge in [-0.25, -0.2) is 0 Å². The molecule has 0 amide bonds. The smallest absolute Gasteiger partial charge is 0.416 e. The zero-order valence-corrected chi connectivity index (χ0v) is 46.2. The average molecular weight is 1130 g/mol. The number of piperidine rings is 6. The lowest BCUT2D eigenvalue weighted by Gasteiger charge is -2.52. The van der Waals surface area contributed by atoms with Gasteiger partial charge in [0.25, 0.3) is 0 Å². The van der Waals surface area contributed by atoms with E-state index in [0.29, 0.717) is 46.2 Å². The largest absolute Gasteiger partial charge is 0.497 e. The first kappa shape index (κ1) is 58.0. The molecule has 79 heavy (non-hydrogen) atoms. The van der Waals surface area contributed by atoms with Crippen LogP contribution in [-0.2, 0) is 24.9 Å². The minimum Gasteiger partial charge on any atom is -0.497 e. The molecule has 6 aliphatic heterocycles. The summed E-state index contributed by atoms with van der Waals surface area (Å²) in [6.07, 6.45) is -1.76. The molecule has 0 saturated carbocycles. The van der Waals surface area contributed by atoms with E-state index in [-0.39, 0.29) is 47.2 Å². The van der Waals surface area contributed by atoms with Crippen molar-refractivity contribution < 1.29 is 44.3 Å². The van der Waals surface area contributed by atoms with Gasteiger partial charge < -0.3 is 15.4 Å². The highest BCUT2D eigenvalue weighted by Crippen LogP contribution is 2.47. The zero-order chi connectivity index (χ0) is 56.6. The van der Waals surface area contributed by atoms with Gasteiger partial charge in [-0.15, -0.1) is 6.58 Å². The standard InChI is InChI=1S/C32H34F6N2S.C29H31F3N4OS/c1-3-4-22-18-40-10-8-21(22)15-30(40)28(26-7-9-39-29-6-5-19(2)11-27(26)29)17-25(41)14-20-12-23(31(33,34)35)16-24(13-20)32(36,37)38;1-4-18-16-36-10-8-19(18)13-26(36)27(23-7-9-33-25-6-5-22(37-3)15-24(23)25)35-28(38)34-21-12-17(2)11-20(14-21)29(30,31)32/h5-7,9,11-13,16,21-22,28,30H,3-4,8,10,14-15,17-18H2,1-2H3;4-7,9,11-12,14-15,18-19,26-27H,1,8,10,13,16H2,2-3H3,(H2,34,35,38)/t;18?,19?,26-,27?/m.0/s1. The molecule has 0 spiro atoms. The van der Waals surface area contributed by atoms with Crippen molar-refractivity contribution in [3.63, 3.8) is 0 Å². The Morgan fingerprint density at radius 2 is 1.33 bits per heavy atom. The number of aromatic nitrogens is 2. The van der Waals surface area contributed by atoms with Crippen molar-refractivity contribution in [3.05, 3.63) is 154 Å². The van der Waals surface area contributed by atoms with E-state index in [9.17, 15) is 39.5 Å². The summed E-state index contributed by atoms with van der Waals surface area (Å²) in [6, 6.07) is 21.6. The summed E-state index contributed by atoms with van der Waals surface area (Å²) >= 11 is 11.4. The highest BCUT2D eigenvalue weighted by Gasteiger charge is 2.45. The summed E-state index contributed by atoms with van der Waals surface area (Å²) in [5.74, 6) is 2.92. The summed E-state index contributed by atoms with van der Waals surface area (Å²) < 4.78 is 127. The number of fused-ring (bicyclic) bond motifs is 8. The van der Waals surface area contributed by atoms with Gasteiger partial charge in [-0.3, -0.25) is 19.8 Å².